The van der Waals surface area contributed by atoms with Crippen LogP contribution in [0.5, 0.6) is 0 Å². The van der Waals surface area contributed by atoms with Crippen LogP contribution in [-0.2, 0) is 4.79 Å². The Morgan fingerprint density at radius 3 is 2.64 bits per heavy atom. The van der Waals surface area contributed by atoms with Crippen LogP contribution in [0.2, 0.25) is 0 Å². The van der Waals surface area contributed by atoms with Gasteiger partial charge in [-0.1, -0.05) is 6.07 Å². The first-order valence-electron chi connectivity index (χ1n) is 7.33. The predicted octanol–water partition coefficient (Wildman–Crippen LogP) is 2.06. The number of rotatable bonds is 3. The van der Waals surface area contributed by atoms with Crippen molar-refractivity contribution in [1.29, 1.82) is 0 Å². The number of hydrogen-bond acceptors (Lipinski definition) is 3. The highest BCUT2D eigenvalue weighted by Crippen LogP contribution is 2.20. The van der Waals surface area contributed by atoms with Gasteiger partial charge in [-0.15, -0.1) is 12.4 Å². The highest BCUT2D eigenvalue weighted by Gasteiger charge is 2.21. The van der Waals surface area contributed by atoms with Crippen LogP contribution in [0.15, 0.2) is 18.2 Å². The number of amides is 2. The molecule has 1 aromatic carbocycles. The summed E-state index contributed by atoms with van der Waals surface area (Å²) in [5.74, 6) is -0.0315. The third-order valence-electron chi connectivity index (χ3n) is 3.82. The van der Waals surface area contributed by atoms with Crippen LogP contribution in [0.4, 0.5) is 5.69 Å². The zero-order chi connectivity index (χ0) is 15.4. The van der Waals surface area contributed by atoms with E-state index in [0.29, 0.717) is 5.56 Å². The minimum absolute atomic E-state index is 0. The number of nitrogens with zero attached hydrogens (tertiary/aromatic N) is 1. The van der Waals surface area contributed by atoms with E-state index in [1.54, 1.807) is 26.2 Å². The SMILES string of the molecule is Cc1ccc(C(=O)N(C)C)cc1NC(=O)C1CCCNC1.Cl. The van der Waals surface area contributed by atoms with Crippen LogP contribution in [-0.4, -0.2) is 43.9 Å². The molecule has 1 unspecified atom stereocenters. The molecule has 0 bridgehead atoms. The third-order valence-corrected chi connectivity index (χ3v) is 3.82. The van der Waals surface area contributed by atoms with E-state index in [2.05, 4.69) is 10.6 Å². The smallest absolute Gasteiger partial charge is 0.253 e. The van der Waals surface area contributed by atoms with E-state index in [0.717, 1.165) is 37.2 Å². The van der Waals surface area contributed by atoms with Crippen molar-refractivity contribution in [3.8, 4) is 0 Å². The number of aryl methyl sites for hydroxylation is 1. The van der Waals surface area contributed by atoms with Crippen molar-refractivity contribution in [2.75, 3.05) is 32.5 Å². The van der Waals surface area contributed by atoms with Crippen molar-refractivity contribution in [3.63, 3.8) is 0 Å². The Labute approximate surface area is 137 Å². The number of carbonyl (C=O) groups excluding carboxylic acids is 2. The lowest BCUT2D eigenvalue weighted by Gasteiger charge is -2.22. The molecule has 1 fully saturated rings. The van der Waals surface area contributed by atoms with E-state index < -0.39 is 0 Å². The maximum Gasteiger partial charge on any atom is 0.253 e. The molecule has 0 radical (unpaired) electrons. The van der Waals surface area contributed by atoms with Gasteiger partial charge >= 0.3 is 0 Å². The Hall–Kier alpha value is -1.59. The highest BCUT2D eigenvalue weighted by atomic mass is 35.5. The second-order valence-corrected chi connectivity index (χ2v) is 5.76. The molecule has 2 N–H and O–H groups in total. The fraction of sp³-hybridized carbons (Fsp3) is 0.500. The zero-order valence-electron chi connectivity index (χ0n) is 13.3. The number of carbonyl (C=O) groups is 2. The van der Waals surface area contributed by atoms with E-state index in [1.807, 2.05) is 13.0 Å². The molecule has 1 aliphatic heterocycles. The summed E-state index contributed by atoms with van der Waals surface area (Å²) in [6.45, 7) is 3.63. The van der Waals surface area contributed by atoms with Crippen LogP contribution in [0, 0.1) is 12.8 Å². The lowest BCUT2D eigenvalue weighted by Crippen LogP contribution is -2.37. The van der Waals surface area contributed by atoms with Crippen LogP contribution < -0.4 is 10.6 Å². The Balaban J connectivity index is 0.00000242. The molecule has 5 nitrogen and oxygen atoms in total. The molecule has 0 aliphatic carbocycles. The first-order chi connectivity index (χ1) is 9.99. The average molecular weight is 326 g/mol. The van der Waals surface area contributed by atoms with Crippen LogP contribution in [0.1, 0.15) is 28.8 Å². The van der Waals surface area contributed by atoms with Gasteiger partial charge < -0.3 is 15.5 Å². The minimum Gasteiger partial charge on any atom is -0.345 e. The summed E-state index contributed by atoms with van der Waals surface area (Å²) in [6.07, 6.45) is 1.93. The molecule has 0 aromatic heterocycles. The molecule has 0 saturated carbocycles. The Bertz CT molecular complexity index is 540. The summed E-state index contributed by atoms with van der Waals surface area (Å²) < 4.78 is 0. The van der Waals surface area contributed by atoms with Gasteiger partial charge in [0, 0.05) is 31.9 Å². The van der Waals surface area contributed by atoms with Gasteiger partial charge in [-0.05, 0) is 44.0 Å². The van der Waals surface area contributed by atoms with Crippen molar-refractivity contribution < 1.29 is 9.59 Å². The monoisotopic (exact) mass is 325 g/mol. The minimum atomic E-state index is -0.0650. The number of hydrogen-bond donors (Lipinski definition) is 2. The van der Waals surface area contributed by atoms with Crippen molar-refractivity contribution in [2.45, 2.75) is 19.8 Å². The highest BCUT2D eigenvalue weighted by molar-refractivity contribution is 5.98. The lowest BCUT2D eigenvalue weighted by molar-refractivity contribution is -0.120. The molecule has 122 valence electrons. The standard InChI is InChI=1S/C16H23N3O2.ClH/c1-11-6-7-12(16(21)19(2)3)9-14(11)18-15(20)13-5-4-8-17-10-13;/h6-7,9,13,17H,4-5,8,10H2,1-3H3,(H,18,20);1H. The summed E-state index contributed by atoms with van der Waals surface area (Å²) in [5.41, 5.74) is 2.27. The fourth-order valence-electron chi connectivity index (χ4n) is 2.46. The Morgan fingerprint density at radius 2 is 2.05 bits per heavy atom. The van der Waals surface area contributed by atoms with Gasteiger partial charge in [-0.3, -0.25) is 9.59 Å². The average Bonchev–Trinajstić information content (AvgIpc) is 2.49. The maximum atomic E-state index is 12.3. The Morgan fingerprint density at radius 1 is 1.32 bits per heavy atom. The molecule has 2 amide bonds. The van der Waals surface area contributed by atoms with E-state index in [4.69, 9.17) is 0 Å². The van der Waals surface area contributed by atoms with E-state index in [1.165, 1.54) is 4.90 Å². The molecule has 22 heavy (non-hydrogen) atoms. The predicted molar refractivity (Wildman–Crippen MR) is 90.7 cm³/mol. The van der Waals surface area contributed by atoms with Crippen molar-refractivity contribution in [1.82, 2.24) is 10.2 Å². The molecule has 1 aliphatic rings. The first-order valence-corrected chi connectivity index (χ1v) is 7.33. The number of benzene rings is 1. The lowest BCUT2D eigenvalue weighted by atomic mass is 9.98. The van der Waals surface area contributed by atoms with Gasteiger partial charge in [0.05, 0.1) is 5.92 Å². The van der Waals surface area contributed by atoms with Crippen molar-refractivity contribution in [3.05, 3.63) is 29.3 Å². The summed E-state index contributed by atoms with van der Waals surface area (Å²) in [6, 6.07) is 5.41. The van der Waals surface area contributed by atoms with Gasteiger partial charge in [-0.25, -0.2) is 0 Å². The molecule has 6 heteroatoms. The topological polar surface area (TPSA) is 61.4 Å². The largest absolute Gasteiger partial charge is 0.345 e. The molecular weight excluding hydrogens is 302 g/mol. The maximum absolute atomic E-state index is 12.3. The number of halogens is 1. The van der Waals surface area contributed by atoms with E-state index in [-0.39, 0.29) is 30.1 Å². The van der Waals surface area contributed by atoms with Gasteiger partial charge in [0.15, 0.2) is 0 Å². The molecule has 1 aromatic rings. The van der Waals surface area contributed by atoms with Crippen LogP contribution in [0.3, 0.4) is 0 Å². The fourth-order valence-corrected chi connectivity index (χ4v) is 2.46. The normalized spacial score (nSPS) is 17.3. The third kappa shape index (κ3) is 4.45. The summed E-state index contributed by atoms with van der Waals surface area (Å²) >= 11 is 0. The van der Waals surface area contributed by atoms with Gasteiger partial charge in [0.2, 0.25) is 5.91 Å². The summed E-state index contributed by atoms with van der Waals surface area (Å²) in [5, 5.41) is 6.20. The quantitative estimate of drug-likeness (QED) is 0.894. The molecule has 1 heterocycles. The Kier molecular flexibility index (Phi) is 6.84. The van der Waals surface area contributed by atoms with Crippen LogP contribution in [0.25, 0.3) is 0 Å². The number of nitrogens with one attached hydrogen (secondary N) is 2. The zero-order valence-corrected chi connectivity index (χ0v) is 14.1. The second-order valence-electron chi connectivity index (χ2n) is 5.76. The van der Waals surface area contributed by atoms with Gasteiger partial charge in [-0.2, -0.15) is 0 Å². The van der Waals surface area contributed by atoms with Gasteiger partial charge in [0.1, 0.15) is 0 Å². The van der Waals surface area contributed by atoms with Gasteiger partial charge in [0.25, 0.3) is 5.91 Å². The molecule has 1 atom stereocenters. The van der Waals surface area contributed by atoms with E-state index >= 15 is 0 Å². The molecular formula is C16H24ClN3O2. The molecule has 1 saturated heterocycles. The van der Waals surface area contributed by atoms with E-state index in [9.17, 15) is 9.59 Å². The molecule has 0 spiro atoms. The number of piperidine rings is 1. The number of anilines is 1. The second kappa shape index (κ2) is 8.15. The van der Waals surface area contributed by atoms with Crippen molar-refractivity contribution in [2.24, 2.45) is 5.92 Å². The first kappa shape index (κ1) is 18.5. The molecule has 2 rings (SSSR count). The van der Waals surface area contributed by atoms with Crippen LogP contribution >= 0.6 is 12.4 Å². The summed E-state index contributed by atoms with van der Waals surface area (Å²) in [4.78, 5) is 25.8. The van der Waals surface area contributed by atoms with Crippen molar-refractivity contribution >= 4 is 29.9 Å². The summed E-state index contributed by atoms with van der Waals surface area (Å²) in [7, 11) is 3.43.